The van der Waals surface area contributed by atoms with Crippen LogP contribution in [0.15, 0.2) is 47.2 Å². The zero-order valence-electron chi connectivity index (χ0n) is 19.2. The van der Waals surface area contributed by atoms with Crippen LogP contribution in [0, 0.1) is 0 Å². The molecule has 2 N–H and O–H groups in total. The number of alkyl halides is 6. The third-order valence-corrected chi connectivity index (χ3v) is 5.16. The molecule has 37 heavy (non-hydrogen) atoms. The number of carboxylic acid groups (broad SMARTS) is 2. The van der Waals surface area contributed by atoms with Crippen molar-refractivity contribution in [3.63, 3.8) is 0 Å². The second-order valence-corrected chi connectivity index (χ2v) is 8.11. The van der Waals surface area contributed by atoms with E-state index in [1.54, 1.807) is 12.5 Å². The molecule has 0 radical (unpaired) electrons. The smallest absolute Gasteiger partial charge is 0.475 e. The van der Waals surface area contributed by atoms with Gasteiger partial charge >= 0.3 is 24.3 Å². The van der Waals surface area contributed by atoms with E-state index in [2.05, 4.69) is 9.88 Å². The first-order valence-corrected chi connectivity index (χ1v) is 10.8. The van der Waals surface area contributed by atoms with E-state index in [1.165, 1.54) is 0 Å². The van der Waals surface area contributed by atoms with E-state index >= 15 is 0 Å². The minimum atomic E-state index is -5.08. The molecule has 0 saturated carbocycles. The number of nitrogens with zero attached hydrogens (tertiary/aromatic N) is 2. The van der Waals surface area contributed by atoms with Gasteiger partial charge in [0.05, 0.1) is 25.0 Å². The van der Waals surface area contributed by atoms with Crippen LogP contribution in [0.2, 0.25) is 0 Å². The summed E-state index contributed by atoms with van der Waals surface area (Å²) in [6.45, 7) is 3.53. The van der Waals surface area contributed by atoms with Crippen molar-refractivity contribution in [3.8, 4) is 5.88 Å². The van der Waals surface area contributed by atoms with Gasteiger partial charge in [-0.15, -0.1) is 0 Å². The Hall–Kier alpha value is -3.33. The van der Waals surface area contributed by atoms with Crippen LogP contribution in [0.5, 0.6) is 5.88 Å². The average Bonchev–Trinajstić information content (AvgIpc) is 3.44. The molecule has 206 valence electrons. The lowest BCUT2D eigenvalue weighted by atomic mass is 9.89. The number of carboxylic acids is 2. The quantitative estimate of drug-likeness (QED) is 0.549. The SMILES string of the molecule is O=C(O)C(F)(F)F.O=C(O)C(F)(F)F.c1ccc(O[C@H]2CO[C@@]3(CCCN(Cc4ccco4)C3)C2)nc1. The number of likely N-dealkylation sites (tertiary alicyclic amines) is 1. The highest BCUT2D eigenvalue weighted by atomic mass is 19.4. The molecular weight excluding hydrogens is 518 g/mol. The van der Waals surface area contributed by atoms with Crippen LogP contribution in [0.4, 0.5) is 26.3 Å². The number of furan rings is 1. The van der Waals surface area contributed by atoms with Crippen molar-refractivity contribution < 1.29 is 60.0 Å². The Morgan fingerprint density at radius 2 is 1.73 bits per heavy atom. The molecule has 0 amide bonds. The van der Waals surface area contributed by atoms with E-state index in [0.29, 0.717) is 12.5 Å². The molecule has 2 saturated heterocycles. The molecule has 2 aromatic heterocycles. The summed E-state index contributed by atoms with van der Waals surface area (Å²) < 4.78 is 81.1. The fourth-order valence-corrected chi connectivity index (χ4v) is 3.70. The van der Waals surface area contributed by atoms with E-state index in [4.69, 9.17) is 33.7 Å². The zero-order chi connectivity index (χ0) is 27.7. The fourth-order valence-electron chi connectivity index (χ4n) is 3.70. The maximum absolute atomic E-state index is 10.6. The Morgan fingerprint density at radius 3 is 2.24 bits per heavy atom. The number of carbonyl (C=O) groups is 2. The van der Waals surface area contributed by atoms with Gasteiger partial charge in [0.1, 0.15) is 11.9 Å². The van der Waals surface area contributed by atoms with Gasteiger partial charge in [0.25, 0.3) is 0 Å². The molecule has 2 atom stereocenters. The standard InChI is InChI=1S/C18H22N2O3.2C2HF3O2/c1-2-8-19-17(6-1)23-16-11-18(22-13-16)7-4-9-20(14-18)12-15-5-3-10-21-15;2*3-2(4,5)1(6)7/h1-3,5-6,8,10,16H,4,7,9,11-14H2;2*(H,6,7)/t16-,18+;;/m1../s1. The van der Waals surface area contributed by atoms with Gasteiger partial charge in [-0.3, -0.25) is 4.90 Å². The normalized spacial score (nSPS) is 21.8. The lowest BCUT2D eigenvalue weighted by Gasteiger charge is -2.39. The van der Waals surface area contributed by atoms with Gasteiger partial charge in [-0.05, 0) is 37.6 Å². The maximum Gasteiger partial charge on any atom is 0.490 e. The van der Waals surface area contributed by atoms with Crippen LogP contribution in [-0.4, -0.2) is 75.8 Å². The number of hydrogen-bond acceptors (Lipinski definition) is 7. The fraction of sp³-hybridized carbons (Fsp3) is 0.500. The predicted molar refractivity (Wildman–Crippen MR) is 113 cm³/mol. The third kappa shape index (κ3) is 10.3. The summed E-state index contributed by atoms with van der Waals surface area (Å²) in [5.74, 6) is -3.82. The van der Waals surface area contributed by atoms with E-state index < -0.39 is 24.3 Å². The van der Waals surface area contributed by atoms with Gasteiger partial charge in [0.15, 0.2) is 0 Å². The summed E-state index contributed by atoms with van der Waals surface area (Å²) in [6, 6.07) is 9.71. The highest BCUT2D eigenvalue weighted by Gasteiger charge is 2.44. The van der Waals surface area contributed by atoms with Crippen LogP contribution in [0.3, 0.4) is 0 Å². The molecule has 2 aliphatic rings. The number of hydrogen-bond donors (Lipinski definition) is 2. The highest BCUT2D eigenvalue weighted by molar-refractivity contribution is 5.73. The molecule has 9 nitrogen and oxygen atoms in total. The van der Waals surface area contributed by atoms with E-state index in [9.17, 15) is 26.3 Å². The first kappa shape index (κ1) is 29.9. The number of aromatic nitrogens is 1. The number of halogens is 6. The van der Waals surface area contributed by atoms with E-state index in [0.717, 1.165) is 44.7 Å². The van der Waals surface area contributed by atoms with Crippen LogP contribution in [-0.2, 0) is 20.9 Å². The molecule has 4 rings (SSSR count). The molecule has 15 heteroatoms. The number of aliphatic carboxylic acids is 2. The first-order valence-electron chi connectivity index (χ1n) is 10.8. The molecular formula is C22H24F6N2O7. The number of rotatable bonds is 4. The summed E-state index contributed by atoms with van der Waals surface area (Å²) >= 11 is 0. The van der Waals surface area contributed by atoms with Crippen molar-refractivity contribution in [2.75, 3.05) is 19.7 Å². The number of ether oxygens (including phenoxy) is 2. The van der Waals surface area contributed by atoms with Gasteiger partial charge in [-0.2, -0.15) is 26.3 Å². The number of pyridine rings is 1. The van der Waals surface area contributed by atoms with Gasteiger partial charge in [0.2, 0.25) is 5.88 Å². The lowest BCUT2D eigenvalue weighted by Crippen LogP contribution is -2.47. The molecule has 0 unspecified atom stereocenters. The second kappa shape index (κ2) is 12.8. The van der Waals surface area contributed by atoms with Crippen molar-refractivity contribution in [1.82, 2.24) is 9.88 Å². The molecule has 1 spiro atoms. The summed E-state index contributed by atoms with van der Waals surface area (Å²) in [4.78, 5) is 24.5. The average molecular weight is 542 g/mol. The minimum Gasteiger partial charge on any atom is -0.475 e. The summed E-state index contributed by atoms with van der Waals surface area (Å²) in [7, 11) is 0. The monoisotopic (exact) mass is 542 g/mol. The topological polar surface area (TPSA) is 122 Å². The zero-order valence-corrected chi connectivity index (χ0v) is 19.2. The van der Waals surface area contributed by atoms with Gasteiger partial charge in [-0.25, -0.2) is 14.6 Å². The van der Waals surface area contributed by atoms with Crippen molar-refractivity contribution in [2.45, 2.75) is 49.9 Å². The molecule has 4 heterocycles. The van der Waals surface area contributed by atoms with Crippen molar-refractivity contribution in [2.24, 2.45) is 0 Å². The summed E-state index contributed by atoms with van der Waals surface area (Å²) in [5.41, 5.74) is -0.0791. The Balaban J connectivity index is 0.000000286. The Kier molecular flexibility index (Phi) is 10.3. The Labute approximate surface area is 206 Å². The van der Waals surface area contributed by atoms with E-state index in [-0.39, 0.29) is 11.7 Å². The van der Waals surface area contributed by atoms with Gasteiger partial charge in [0, 0.05) is 25.2 Å². The first-order chi connectivity index (χ1) is 17.2. The van der Waals surface area contributed by atoms with E-state index in [1.807, 2.05) is 30.3 Å². The van der Waals surface area contributed by atoms with Crippen LogP contribution in [0.25, 0.3) is 0 Å². The molecule has 2 fully saturated rings. The predicted octanol–water partition coefficient (Wildman–Crippen LogP) is 4.14. The van der Waals surface area contributed by atoms with Gasteiger partial charge in [-0.1, -0.05) is 6.07 Å². The summed E-state index contributed by atoms with van der Waals surface area (Å²) in [5, 5.41) is 14.2. The van der Waals surface area contributed by atoms with Crippen molar-refractivity contribution >= 4 is 11.9 Å². The van der Waals surface area contributed by atoms with Crippen LogP contribution >= 0.6 is 0 Å². The summed E-state index contributed by atoms with van der Waals surface area (Å²) in [6.07, 6.45) is -3.41. The highest BCUT2D eigenvalue weighted by Crippen LogP contribution is 2.36. The molecule has 0 aromatic carbocycles. The van der Waals surface area contributed by atoms with Gasteiger partial charge < -0.3 is 24.1 Å². The van der Waals surface area contributed by atoms with Crippen LogP contribution in [0.1, 0.15) is 25.0 Å². The van der Waals surface area contributed by atoms with Crippen molar-refractivity contribution in [3.05, 3.63) is 48.6 Å². The largest absolute Gasteiger partial charge is 0.490 e. The van der Waals surface area contributed by atoms with Crippen LogP contribution < -0.4 is 4.74 Å². The molecule has 0 aliphatic carbocycles. The molecule has 2 aliphatic heterocycles. The molecule has 2 aromatic rings. The minimum absolute atomic E-state index is 0.0791. The Morgan fingerprint density at radius 1 is 1.08 bits per heavy atom. The number of piperidine rings is 1. The van der Waals surface area contributed by atoms with Crippen molar-refractivity contribution in [1.29, 1.82) is 0 Å². The molecule has 0 bridgehead atoms. The maximum atomic E-state index is 10.6. The third-order valence-electron chi connectivity index (χ3n) is 5.16. The Bertz CT molecular complexity index is 962. The lowest BCUT2D eigenvalue weighted by molar-refractivity contribution is -0.193. The second-order valence-electron chi connectivity index (χ2n) is 8.11.